The number of hydrogen-bond donors (Lipinski definition) is 2. The number of aromatic nitrogens is 1. The molecule has 0 aliphatic heterocycles. The Labute approximate surface area is 170 Å². The van der Waals surface area contributed by atoms with Gasteiger partial charge < -0.3 is 15.4 Å². The van der Waals surface area contributed by atoms with Gasteiger partial charge in [0.05, 0.1) is 12.6 Å². The molecule has 0 amide bonds. The van der Waals surface area contributed by atoms with E-state index in [-0.39, 0.29) is 24.0 Å². The molecule has 5 nitrogen and oxygen atoms in total. The predicted octanol–water partition coefficient (Wildman–Crippen LogP) is 3.73. The Bertz CT molecular complexity index is 877. The van der Waals surface area contributed by atoms with Crippen LogP contribution in [0.4, 0.5) is 0 Å². The molecule has 0 atom stereocenters. The number of pyridine rings is 1. The van der Waals surface area contributed by atoms with E-state index in [1.54, 1.807) is 14.2 Å². The van der Waals surface area contributed by atoms with Crippen LogP contribution in [-0.4, -0.2) is 25.1 Å². The van der Waals surface area contributed by atoms with Gasteiger partial charge in [0.2, 0.25) is 0 Å². The molecule has 26 heavy (non-hydrogen) atoms. The number of rotatable bonds is 5. The van der Waals surface area contributed by atoms with Crippen LogP contribution >= 0.6 is 24.0 Å². The van der Waals surface area contributed by atoms with E-state index < -0.39 is 0 Å². The Morgan fingerprint density at radius 2 is 1.81 bits per heavy atom. The minimum Gasteiger partial charge on any atom is -0.497 e. The van der Waals surface area contributed by atoms with Gasteiger partial charge in [-0.1, -0.05) is 36.4 Å². The van der Waals surface area contributed by atoms with Crippen LogP contribution in [0.15, 0.2) is 65.8 Å². The third-order valence-corrected chi connectivity index (χ3v) is 3.98. The summed E-state index contributed by atoms with van der Waals surface area (Å²) >= 11 is 0. The highest BCUT2D eigenvalue weighted by Crippen LogP contribution is 2.15. The molecular weight excluding hydrogens is 439 g/mol. The zero-order valence-electron chi connectivity index (χ0n) is 14.9. The van der Waals surface area contributed by atoms with Crippen LogP contribution in [0.1, 0.15) is 11.1 Å². The zero-order valence-corrected chi connectivity index (χ0v) is 17.2. The van der Waals surface area contributed by atoms with Gasteiger partial charge in [-0.3, -0.25) is 9.98 Å². The summed E-state index contributed by atoms with van der Waals surface area (Å²) in [5, 5.41) is 7.80. The van der Waals surface area contributed by atoms with Crippen molar-refractivity contribution in [1.29, 1.82) is 0 Å². The minimum absolute atomic E-state index is 0. The van der Waals surface area contributed by atoms with Crippen molar-refractivity contribution in [2.75, 3.05) is 14.2 Å². The molecule has 3 rings (SSSR count). The highest BCUT2D eigenvalue weighted by molar-refractivity contribution is 14.0. The first kappa shape index (κ1) is 20.0. The van der Waals surface area contributed by atoms with E-state index in [9.17, 15) is 0 Å². The van der Waals surface area contributed by atoms with Crippen LogP contribution in [0.25, 0.3) is 10.9 Å². The van der Waals surface area contributed by atoms with Gasteiger partial charge in [0, 0.05) is 31.7 Å². The van der Waals surface area contributed by atoms with Crippen molar-refractivity contribution < 1.29 is 4.74 Å². The highest BCUT2D eigenvalue weighted by atomic mass is 127. The van der Waals surface area contributed by atoms with E-state index in [0.29, 0.717) is 13.1 Å². The molecule has 0 saturated carbocycles. The summed E-state index contributed by atoms with van der Waals surface area (Å²) in [6.45, 7) is 1.33. The normalized spacial score (nSPS) is 10.9. The summed E-state index contributed by atoms with van der Waals surface area (Å²) in [4.78, 5) is 8.77. The smallest absolute Gasteiger partial charge is 0.191 e. The standard InChI is InChI=1S/C20H22N4O.HI/c1-21-20(23-13-15-6-3-10-18(12-15)25-2)24-14-17-8-4-7-16-9-5-11-22-19(16)17;/h3-12H,13-14H2,1-2H3,(H2,21,23,24);1H. The third-order valence-electron chi connectivity index (χ3n) is 3.98. The van der Waals surface area contributed by atoms with E-state index in [1.807, 2.05) is 36.5 Å². The van der Waals surface area contributed by atoms with Crippen LogP contribution in [0.2, 0.25) is 0 Å². The number of hydrogen-bond acceptors (Lipinski definition) is 3. The molecule has 0 aliphatic rings. The number of fused-ring (bicyclic) bond motifs is 1. The van der Waals surface area contributed by atoms with Crippen LogP contribution in [-0.2, 0) is 13.1 Å². The molecular formula is C20H23IN4O. The lowest BCUT2D eigenvalue weighted by molar-refractivity contribution is 0.414. The fourth-order valence-corrected chi connectivity index (χ4v) is 2.68. The summed E-state index contributed by atoms with van der Waals surface area (Å²) in [5.74, 6) is 1.60. The van der Waals surface area contributed by atoms with Crippen LogP contribution in [0, 0.1) is 0 Å². The molecule has 0 spiro atoms. The zero-order chi connectivity index (χ0) is 17.5. The Kier molecular flexibility index (Phi) is 7.65. The van der Waals surface area contributed by atoms with Crippen molar-refractivity contribution in [2.24, 2.45) is 4.99 Å². The number of ether oxygens (including phenoxy) is 1. The number of benzene rings is 2. The van der Waals surface area contributed by atoms with E-state index in [2.05, 4.69) is 44.9 Å². The van der Waals surface area contributed by atoms with Crippen molar-refractivity contribution in [2.45, 2.75) is 13.1 Å². The minimum atomic E-state index is 0. The molecule has 3 aromatic rings. The molecule has 0 bridgehead atoms. The lowest BCUT2D eigenvalue weighted by atomic mass is 10.1. The van der Waals surface area contributed by atoms with Gasteiger partial charge in [-0.15, -0.1) is 24.0 Å². The molecule has 1 heterocycles. The molecule has 1 aromatic heterocycles. The lowest BCUT2D eigenvalue weighted by Crippen LogP contribution is -2.36. The first-order chi connectivity index (χ1) is 12.3. The number of guanidine groups is 1. The van der Waals surface area contributed by atoms with Gasteiger partial charge in [0.1, 0.15) is 5.75 Å². The van der Waals surface area contributed by atoms with Crippen LogP contribution in [0.3, 0.4) is 0 Å². The maximum absolute atomic E-state index is 5.25. The molecule has 2 N–H and O–H groups in total. The van der Waals surface area contributed by atoms with E-state index in [1.165, 1.54) is 0 Å². The van der Waals surface area contributed by atoms with E-state index in [4.69, 9.17) is 4.74 Å². The van der Waals surface area contributed by atoms with E-state index >= 15 is 0 Å². The number of aliphatic imine (C=N–C) groups is 1. The number of nitrogens with zero attached hydrogens (tertiary/aromatic N) is 2. The SMILES string of the molecule is CN=C(NCc1cccc(OC)c1)NCc1cccc2cccnc12.I. The highest BCUT2D eigenvalue weighted by Gasteiger charge is 2.04. The Balaban J connectivity index is 0.00000243. The molecule has 0 saturated heterocycles. The molecule has 0 aliphatic carbocycles. The molecule has 6 heteroatoms. The Morgan fingerprint density at radius 1 is 1.04 bits per heavy atom. The fraction of sp³-hybridized carbons (Fsp3) is 0.200. The second-order valence-electron chi connectivity index (χ2n) is 5.62. The summed E-state index contributed by atoms with van der Waals surface area (Å²) in [6, 6.07) is 18.2. The molecule has 2 aromatic carbocycles. The van der Waals surface area contributed by atoms with Gasteiger partial charge in [0.15, 0.2) is 5.96 Å². The van der Waals surface area contributed by atoms with Crippen molar-refractivity contribution in [3.05, 3.63) is 71.9 Å². The quantitative estimate of drug-likeness (QED) is 0.345. The second kappa shape index (κ2) is 9.96. The maximum atomic E-state index is 5.25. The van der Waals surface area contributed by atoms with Crippen molar-refractivity contribution in [1.82, 2.24) is 15.6 Å². The average Bonchev–Trinajstić information content (AvgIpc) is 2.68. The largest absolute Gasteiger partial charge is 0.497 e. The second-order valence-corrected chi connectivity index (χ2v) is 5.62. The predicted molar refractivity (Wildman–Crippen MR) is 117 cm³/mol. The first-order valence-electron chi connectivity index (χ1n) is 8.20. The lowest BCUT2D eigenvalue weighted by Gasteiger charge is -2.13. The van der Waals surface area contributed by atoms with Crippen molar-refractivity contribution in [3.8, 4) is 5.75 Å². The maximum Gasteiger partial charge on any atom is 0.191 e. The van der Waals surface area contributed by atoms with Gasteiger partial charge >= 0.3 is 0 Å². The van der Waals surface area contributed by atoms with Crippen LogP contribution < -0.4 is 15.4 Å². The third kappa shape index (κ3) is 5.08. The Hall–Kier alpha value is -2.35. The molecule has 0 fully saturated rings. The number of methoxy groups -OCH3 is 1. The number of para-hydroxylation sites is 1. The van der Waals surface area contributed by atoms with Gasteiger partial charge in [-0.2, -0.15) is 0 Å². The fourth-order valence-electron chi connectivity index (χ4n) is 2.68. The van der Waals surface area contributed by atoms with Crippen molar-refractivity contribution in [3.63, 3.8) is 0 Å². The summed E-state index contributed by atoms with van der Waals surface area (Å²) in [6.07, 6.45) is 1.82. The molecule has 0 unspecified atom stereocenters. The number of nitrogens with one attached hydrogen (secondary N) is 2. The average molecular weight is 462 g/mol. The number of halogens is 1. The summed E-state index contributed by atoms with van der Waals surface area (Å²) in [5.41, 5.74) is 3.29. The van der Waals surface area contributed by atoms with Gasteiger partial charge in [0.25, 0.3) is 0 Å². The monoisotopic (exact) mass is 462 g/mol. The molecule has 0 radical (unpaired) electrons. The van der Waals surface area contributed by atoms with Crippen molar-refractivity contribution >= 4 is 40.8 Å². The summed E-state index contributed by atoms with van der Waals surface area (Å²) in [7, 11) is 3.44. The topological polar surface area (TPSA) is 58.5 Å². The first-order valence-corrected chi connectivity index (χ1v) is 8.20. The van der Waals surface area contributed by atoms with Crippen LogP contribution in [0.5, 0.6) is 5.75 Å². The Morgan fingerprint density at radius 3 is 2.62 bits per heavy atom. The van der Waals surface area contributed by atoms with E-state index in [0.717, 1.165) is 33.7 Å². The van der Waals surface area contributed by atoms with Gasteiger partial charge in [-0.25, -0.2) is 0 Å². The van der Waals surface area contributed by atoms with Gasteiger partial charge in [-0.05, 0) is 29.3 Å². The molecule has 136 valence electrons. The summed E-state index contributed by atoms with van der Waals surface area (Å²) < 4.78 is 5.25.